The van der Waals surface area contributed by atoms with Gasteiger partial charge in [0.05, 0.1) is 11.4 Å². The van der Waals surface area contributed by atoms with Gasteiger partial charge in [0, 0.05) is 35.1 Å². The molecule has 0 unspecified atom stereocenters. The molecule has 0 atom stereocenters. The van der Waals surface area contributed by atoms with Crippen molar-refractivity contribution < 1.29 is 0 Å². The third kappa shape index (κ3) is 4.11. The van der Waals surface area contributed by atoms with Gasteiger partial charge < -0.3 is 9.97 Å². The van der Waals surface area contributed by atoms with E-state index in [9.17, 15) is 0 Å². The molecular formula is C26H40N4. The molecule has 3 fully saturated rings. The SMILES string of the molecule is Cc1[nH]c(C2CCC(c3nc(C4CCCCC4)c(C)[nH]3)CC2)nc1C1CCCCC1. The molecule has 2 aromatic rings. The van der Waals surface area contributed by atoms with Crippen LogP contribution in [0.15, 0.2) is 0 Å². The Morgan fingerprint density at radius 3 is 1.23 bits per heavy atom. The van der Waals surface area contributed by atoms with Crippen LogP contribution >= 0.6 is 0 Å². The van der Waals surface area contributed by atoms with E-state index < -0.39 is 0 Å². The third-order valence-electron chi connectivity index (χ3n) is 8.37. The molecule has 4 nitrogen and oxygen atoms in total. The molecule has 5 rings (SSSR count). The highest BCUT2D eigenvalue weighted by Crippen LogP contribution is 2.42. The van der Waals surface area contributed by atoms with Crippen LogP contribution < -0.4 is 0 Å². The molecule has 2 N–H and O–H groups in total. The predicted octanol–water partition coefficient (Wildman–Crippen LogP) is 7.29. The first-order chi connectivity index (χ1) is 14.7. The molecule has 3 aliphatic carbocycles. The fourth-order valence-corrected chi connectivity index (χ4v) is 6.57. The lowest BCUT2D eigenvalue weighted by atomic mass is 9.81. The van der Waals surface area contributed by atoms with Crippen molar-refractivity contribution in [2.45, 2.75) is 127 Å². The van der Waals surface area contributed by atoms with Crippen LogP contribution in [-0.4, -0.2) is 19.9 Å². The minimum Gasteiger partial charge on any atom is -0.346 e. The molecule has 4 heteroatoms. The van der Waals surface area contributed by atoms with Gasteiger partial charge in [0.25, 0.3) is 0 Å². The van der Waals surface area contributed by atoms with Crippen molar-refractivity contribution >= 4 is 0 Å². The van der Waals surface area contributed by atoms with Gasteiger partial charge >= 0.3 is 0 Å². The number of aromatic nitrogens is 4. The van der Waals surface area contributed by atoms with Crippen LogP contribution in [0, 0.1) is 13.8 Å². The first-order valence-electron chi connectivity index (χ1n) is 12.8. The van der Waals surface area contributed by atoms with Crippen LogP contribution in [0.5, 0.6) is 0 Å². The zero-order valence-electron chi connectivity index (χ0n) is 19.1. The Balaban J connectivity index is 1.23. The quantitative estimate of drug-likeness (QED) is 0.558. The van der Waals surface area contributed by atoms with Crippen molar-refractivity contribution in [3.8, 4) is 0 Å². The molecule has 164 valence electrons. The molecule has 0 saturated heterocycles. The van der Waals surface area contributed by atoms with Gasteiger partial charge in [-0.2, -0.15) is 0 Å². The second-order valence-electron chi connectivity index (χ2n) is 10.5. The molecular weight excluding hydrogens is 368 g/mol. The number of nitrogens with one attached hydrogen (secondary N) is 2. The molecule has 0 amide bonds. The van der Waals surface area contributed by atoms with Gasteiger partial charge in [-0.25, -0.2) is 9.97 Å². The van der Waals surface area contributed by atoms with E-state index >= 15 is 0 Å². The predicted molar refractivity (Wildman–Crippen MR) is 122 cm³/mol. The smallest absolute Gasteiger partial charge is 0.109 e. The Kier molecular flexibility index (Phi) is 6.02. The second kappa shape index (κ2) is 8.88. The van der Waals surface area contributed by atoms with Crippen LogP contribution in [0.2, 0.25) is 0 Å². The average molecular weight is 409 g/mol. The Labute approximate surface area is 182 Å². The first kappa shape index (κ1) is 20.3. The van der Waals surface area contributed by atoms with Crippen LogP contribution in [0.1, 0.15) is 148 Å². The molecule has 0 bridgehead atoms. The topological polar surface area (TPSA) is 57.4 Å². The highest BCUT2D eigenvalue weighted by molar-refractivity contribution is 5.22. The second-order valence-corrected chi connectivity index (χ2v) is 10.5. The third-order valence-corrected chi connectivity index (χ3v) is 8.37. The maximum absolute atomic E-state index is 5.16. The molecule has 0 spiro atoms. The van der Waals surface area contributed by atoms with E-state index in [2.05, 4.69) is 23.8 Å². The van der Waals surface area contributed by atoms with Crippen molar-refractivity contribution in [3.05, 3.63) is 34.4 Å². The monoisotopic (exact) mass is 408 g/mol. The van der Waals surface area contributed by atoms with Crippen molar-refractivity contribution in [1.29, 1.82) is 0 Å². The standard InChI is InChI=1S/C26H40N4/c1-17-23(19-9-5-3-6-10-19)29-25(27-17)21-13-15-22(16-14-21)26-28-18(2)24(30-26)20-11-7-4-8-12-20/h19-22H,3-16H2,1-2H3,(H,27,29)(H,28,30). The first-order valence-corrected chi connectivity index (χ1v) is 12.8. The number of aromatic amines is 2. The molecule has 2 aromatic heterocycles. The summed E-state index contributed by atoms with van der Waals surface area (Å²) in [6.45, 7) is 4.48. The summed E-state index contributed by atoms with van der Waals surface area (Å²) in [5, 5.41) is 0. The van der Waals surface area contributed by atoms with Crippen LogP contribution in [0.3, 0.4) is 0 Å². The minimum absolute atomic E-state index is 0.603. The number of H-pyrrole nitrogens is 2. The Morgan fingerprint density at radius 2 is 0.867 bits per heavy atom. The summed E-state index contributed by atoms with van der Waals surface area (Å²) in [5.41, 5.74) is 5.42. The van der Waals surface area contributed by atoms with Gasteiger partial charge in [-0.05, 0) is 65.2 Å². The van der Waals surface area contributed by atoms with Crippen molar-refractivity contribution in [3.63, 3.8) is 0 Å². The molecule has 30 heavy (non-hydrogen) atoms. The van der Waals surface area contributed by atoms with Crippen LogP contribution in [0.25, 0.3) is 0 Å². The van der Waals surface area contributed by atoms with E-state index in [0.29, 0.717) is 23.7 Å². The highest BCUT2D eigenvalue weighted by atomic mass is 15.0. The Hall–Kier alpha value is -1.58. The van der Waals surface area contributed by atoms with Gasteiger partial charge in [-0.15, -0.1) is 0 Å². The normalized spacial score (nSPS) is 26.9. The lowest BCUT2D eigenvalue weighted by molar-refractivity contribution is 0.375. The largest absolute Gasteiger partial charge is 0.346 e. The zero-order chi connectivity index (χ0) is 20.5. The summed E-state index contributed by atoms with van der Waals surface area (Å²) in [7, 11) is 0. The molecule has 0 radical (unpaired) electrons. The molecule has 3 aliphatic rings. The summed E-state index contributed by atoms with van der Waals surface area (Å²) >= 11 is 0. The molecule has 2 heterocycles. The van der Waals surface area contributed by atoms with Gasteiger partial charge in [0.1, 0.15) is 11.6 Å². The lowest BCUT2D eigenvalue weighted by Crippen LogP contribution is -2.14. The summed E-state index contributed by atoms with van der Waals surface area (Å²) < 4.78 is 0. The zero-order valence-corrected chi connectivity index (χ0v) is 19.1. The summed E-state index contributed by atoms with van der Waals surface area (Å²) in [4.78, 5) is 17.7. The van der Waals surface area contributed by atoms with Crippen molar-refractivity contribution in [1.82, 2.24) is 19.9 Å². The van der Waals surface area contributed by atoms with E-state index in [1.807, 2.05) is 0 Å². The van der Waals surface area contributed by atoms with Gasteiger partial charge in [0.15, 0.2) is 0 Å². The maximum Gasteiger partial charge on any atom is 0.109 e. The van der Waals surface area contributed by atoms with E-state index in [-0.39, 0.29) is 0 Å². The van der Waals surface area contributed by atoms with E-state index in [4.69, 9.17) is 9.97 Å². The highest BCUT2D eigenvalue weighted by Gasteiger charge is 2.30. The minimum atomic E-state index is 0.603. The van der Waals surface area contributed by atoms with Gasteiger partial charge in [0.2, 0.25) is 0 Å². The number of hydrogen-bond acceptors (Lipinski definition) is 2. The Bertz CT molecular complexity index is 757. The fraction of sp³-hybridized carbons (Fsp3) is 0.769. The Morgan fingerprint density at radius 1 is 0.500 bits per heavy atom. The van der Waals surface area contributed by atoms with E-state index in [1.165, 1.54) is 124 Å². The van der Waals surface area contributed by atoms with E-state index in [1.54, 1.807) is 0 Å². The molecule has 0 aromatic carbocycles. The number of hydrogen-bond donors (Lipinski definition) is 2. The lowest BCUT2D eigenvalue weighted by Gasteiger charge is -2.26. The van der Waals surface area contributed by atoms with Crippen molar-refractivity contribution in [2.75, 3.05) is 0 Å². The van der Waals surface area contributed by atoms with Gasteiger partial charge in [-0.1, -0.05) is 38.5 Å². The number of aryl methyl sites for hydroxylation is 2. The summed E-state index contributed by atoms with van der Waals surface area (Å²) in [5.74, 6) is 5.14. The van der Waals surface area contributed by atoms with Crippen molar-refractivity contribution in [2.24, 2.45) is 0 Å². The molecule has 3 saturated carbocycles. The summed E-state index contributed by atoms with van der Waals surface area (Å²) in [6, 6.07) is 0. The number of rotatable bonds is 4. The molecule has 0 aliphatic heterocycles. The van der Waals surface area contributed by atoms with Gasteiger partial charge in [-0.3, -0.25) is 0 Å². The summed E-state index contributed by atoms with van der Waals surface area (Å²) in [6.07, 6.45) is 18.6. The fourth-order valence-electron chi connectivity index (χ4n) is 6.57. The van der Waals surface area contributed by atoms with Crippen LogP contribution in [0.4, 0.5) is 0 Å². The maximum atomic E-state index is 5.16. The number of nitrogens with zero attached hydrogens (tertiary/aromatic N) is 2. The van der Waals surface area contributed by atoms with Crippen LogP contribution in [-0.2, 0) is 0 Å². The number of imidazole rings is 2. The average Bonchev–Trinajstić information content (AvgIpc) is 3.38. The van der Waals surface area contributed by atoms with E-state index in [0.717, 1.165) is 0 Å².